The highest BCUT2D eigenvalue weighted by molar-refractivity contribution is 5.92. The lowest BCUT2D eigenvalue weighted by Gasteiger charge is -2.10. The molecule has 0 bridgehead atoms. The first kappa shape index (κ1) is 12.5. The molecule has 3 aromatic rings. The third-order valence-electron chi connectivity index (χ3n) is 3.41. The van der Waals surface area contributed by atoms with Crippen molar-refractivity contribution in [2.45, 2.75) is 20.4 Å². The summed E-state index contributed by atoms with van der Waals surface area (Å²) in [6.45, 7) is 4.68. The van der Waals surface area contributed by atoms with E-state index in [0.29, 0.717) is 6.54 Å². The van der Waals surface area contributed by atoms with E-state index in [9.17, 15) is 0 Å². The highest BCUT2D eigenvalue weighted by atomic mass is 15.2. The predicted octanol–water partition coefficient (Wildman–Crippen LogP) is 3.25. The molecule has 3 rings (SSSR count). The van der Waals surface area contributed by atoms with Gasteiger partial charge >= 0.3 is 0 Å². The van der Waals surface area contributed by atoms with Crippen LogP contribution in [0.4, 0.5) is 5.82 Å². The summed E-state index contributed by atoms with van der Waals surface area (Å²) in [6, 6.07) is 12.2. The molecule has 4 nitrogen and oxygen atoms in total. The highest BCUT2D eigenvalue weighted by Gasteiger charge is 2.06. The van der Waals surface area contributed by atoms with Gasteiger partial charge in [0.2, 0.25) is 0 Å². The summed E-state index contributed by atoms with van der Waals surface area (Å²) in [5, 5.41) is 14.0. The zero-order valence-electron chi connectivity index (χ0n) is 11.6. The smallest absolute Gasteiger partial charge is 0.156 e. The van der Waals surface area contributed by atoms with Gasteiger partial charge in [0, 0.05) is 17.0 Å². The van der Waals surface area contributed by atoms with E-state index in [1.54, 1.807) is 0 Å². The van der Waals surface area contributed by atoms with E-state index < -0.39 is 0 Å². The Hall–Kier alpha value is -2.49. The predicted molar refractivity (Wildman–Crippen MR) is 80.6 cm³/mol. The first-order chi connectivity index (χ1) is 9.75. The Morgan fingerprint density at radius 2 is 1.75 bits per heavy atom. The Labute approximate surface area is 117 Å². The van der Waals surface area contributed by atoms with E-state index >= 15 is 0 Å². The molecule has 2 aromatic heterocycles. The molecule has 0 radical (unpaired) electrons. The van der Waals surface area contributed by atoms with Crippen LogP contribution in [0.2, 0.25) is 0 Å². The van der Waals surface area contributed by atoms with Crippen LogP contribution in [0, 0.1) is 13.8 Å². The second-order valence-corrected chi connectivity index (χ2v) is 4.80. The van der Waals surface area contributed by atoms with Crippen LogP contribution in [0.3, 0.4) is 0 Å². The summed E-state index contributed by atoms with van der Waals surface area (Å²) in [4.78, 5) is 4.38. The van der Waals surface area contributed by atoms with Gasteiger partial charge in [0.25, 0.3) is 0 Å². The van der Waals surface area contributed by atoms with Crippen LogP contribution in [-0.4, -0.2) is 15.2 Å². The molecule has 0 aliphatic rings. The number of fused-ring (bicyclic) bond motifs is 1. The largest absolute Gasteiger partial charge is 0.362 e. The number of hydrogen-bond acceptors (Lipinski definition) is 4. The summed E-state index contributed by atoms with van der Waals surface area (Å²) >= 11 is 0. The summed E-state index contributed by atoms with van der Waals surface area (Å²) < 4.78 is 0. The highest BCUT2D eigenvalue weighted by Crippen LogP contribution is 2.22. The number of anilines is 1. The van der Waals surface area contributed by atoms with Crippen molar-refractivity contribution in [1.82, 2.24) is 15.2 Å². The van der Waals surface area contributed by atoms with E-state index in [-0.39, 0.29) is 0 Å². The van der Waals surface area contributed by atoms with Gasteiger partial charge < -0.3 is 5.32 Å². The Balaban J connectivity index is 1.92. The van der Waals surface area contributed by atoms with Crippen LogP contribution >= 0.6 is 0 Å². The molecule has 0 amide bonds. The Kier molecular flexibility index (Phi) is 3.29. The van der Waals surface area contributed by atoms with Crippen LogP contribution in [-0.2, 0) is 6.54 Å². The number of pyridine rings is 1. The van der Waals surface area contributed by atoms with Crippen molar-refractivity contribution in [3.63, 3.8) is 0 Å². The standard InChI is InChI=1S/C16H16N4/c1-11-6-5-9-17-15(11)10-18-16-14-8-4-3-7-13(14)12(2)19-20-16/h3-9H,10H2,1-2H3,(H,18,20). The lowest BCUT2D eigenvalue weighted by atomic mass is 10.1. The van der Waals surface area contributed by atoms with Gasteiger partial charge in [-0.25, -0.2) is 0 Å². The minimum absolute atomic E-state index is 0.647. The first-order valence-corrected chi connectivity index (χ1v) is 6.62. The van der Waals surface area contributed by atoms with E-state index in [1.165, 1.54) is 5.56 Å². The molecular formula is C16H16N4. The van der Waals surface area contributed by atoms with Crippen molar-refractivity contribution in [1.29, 1.82) is 0 Å². The zero-order chi connectivity index (χ0) is 13.9. The third kappa shape index (κ3) is 2.32. The summed E-state index contributed by atoms with van der Waals surface area (Å²) in [7, 11) is 0. The maximum atomic E-state index is 4.38. The molecule has 1 N–H and O–H groups in total. The molecule has 0 unspecified atom stereocenters. The number of aromatic nitrogens is 3. The van der Waals surface area contributed by atoms with Gasteiger partial charge in [0.05, 0.1) is 17.9 Å². The monoisotopic (exact) mass is 264 g/mol. The number of hydrogen-bond donors (Lipinski definition) is 1. The topological polar surface area (TPSA) is 50.7 Å². The number of benzene rings is 1. The summed E-state index contributed by atoms with van der Waals surface area (Å²) in [5.41, 5.74) is 3.14. The number of nitrogens with one attached hydrogen (secondary N) is 1. The fourth-order valence-corrected chi connectivity index (χ4v) is 2.24. The molecule has 0 fully saturated rings. The molecule has 0 saturated carbocycles. The fourth-order valence-electron chi connectivity index (χ4n) is 2.24. The molecular weight excluding hydrogens is 248 g/mol. The van der Waals surface area contributed by atoms with Crippen LogP contribution < -0.4 is 5.32 Å². The lowest BCUT2D eigenvalue weighted by Crippen LogP contribution is -2.06. The summed E-state index contributed by atoms with van der Waals surface area (Å²) in [6.07, 6.45) is 1.81. The molecule has 0 saturated heterocycles. The quantitative estimate of drug-likeness (QED) is 0.789. The minimum atomic E-state index is 0.647. The van der Waals surface area contributed by atoms with Gasteiger partial charge in [-0.1, -0.05) is 30.3 Å². The van der Waals surface area contributed by atoms with Gasteiger partial charge in [0.1, 0.15) is 0 Å². The van der Waals surface area contributed by atoms with Crippen molar-refractivity contribution in [2.24, 2.45) is 0 Å². The van der Waals surface area contributed by atoms with E-state index in [4.69, 9.17) is 0 Å². The van der Waals surface area contributed by atoms with Crippen molar-refractivity contribution in [3.05, 3.63) is 59.5 Å². The van der Waals surface area contributed by atoms with Crippen LogP contribution in [0.1, 0.15) is 17.0 Å². The molecule has 0 atom stereocenters. The van der Waals surface area contributed by atoms with E-state index in [0.717, 1.165) is 28.0 Å². The fraction of sp³-hybridized carbons (Fsp3) is 0.188. The maximum absolute atomic E-state index is 4.38. The molecule has 0 aliphatic carbocycles. The minimum Gasteiger partial charge on any atom is -0.362 e. The number of aryl methyl sites for hydroxylation is 2. The second-order valence-electron chi connectivity index (χ2n) is 4.80. The molecule has 0 spiro atoms. The van der Waals surface area contributed by atoms with Gasteiger partial charge in [-0.15, -0.1) is 5.10 Å². The van der Waals surface area contributed by atoms with Gasteiger partial charge in [-0.05, 0) is 25.5 Å². The van der Waals surface area contributed by atoms with Crippen LogP contribution in [0.5, 0.6) is 0 Å². The molecule has 100 valence electrons. The molecule has 2 heterocycles. The van der Waals surface area contributed by atoms with Gasteiger partial charge in [-0.2, -0.15) is 5.10 Å². The van der Waals surface area contributed by atoms with Gasteiger partial charge in [-0.3, -0.25) is 4.98 Å². The molecule has 4 heteroatoms. The Bertz CT molecular complexity index is 752. The van der Waals surface area contributed by atoms with E-state index in [1.807, 2.05) is 31.3 Å². The average Bonchev–Trinajstić information content (AvgIpc) is 2.48. The summed E-state index contributed by atoms with van der Waals surface area (Å²) in [5.74, 6) is 0.802. The van der Waals surface area contributed by atoms with Crippen LogP contribution in [0.15, 0.2) is 42.6 Å². The Morgan fingerprint density at radius 3 is 2.55 bits per heavy atom. The van der Waals surface area contributed by atoms with Crippen molar-refractivity contribution >= 4 is 16.6 Å². The second kappa shape index (κ2) is 5.25. The average molecular weight is 264 g/mol. The molecule has 20 heavy (non-hydrogen) atoms. The number of nitrogens with zero attached hydrogens (tertiary/aromatic N) is 3. The SMILES string of the molecule is Cc1cccnc1CNc1nnc(C)c2ccccc12. The molecule has 0 aliphatic heterocycles. The third-order valence-corrected chi connectivity index (χ3v) is 3.41. The zero-order valence-corrected chi connectivity index (χ0v) is 11.6. The maximum Gasteiger partial charge on any atom is 0.156 e. The molecule has 1 aromatic carbocycles. The number of rotatable bonds is 3. The van der Waals surface area contributed by atoms with Crippen molar-refractivity contribution in [2.75, 3.05) is 5.32 Å². The van der Waals surface area contributed by atoms with Crippen molar-refractivity contribution in [3.8, 4) is 0 Å². The van der Waals surface area contributed by atoms with Gasteiger partial charge in [0.15, 0.2) is 5.82 Å². The van der Waals surface area contributed by atoms with Crippen LogP contribution in [0.25, 0.3) is 10.8 Å². The normalized spacial score (nSPS) is 10.7. The Morgan fingerprint density at radius 1 is 0.950 bits per heavy atom. The first-order valence-electron chi connectivity index (χ1n) is 6.62. The lowest BCUT2D eigenvalue weighted by molar-refractivity contribution is 0.959. The van der Waals surface area contributed by atoms with E-state index in [2.05, 4.69) is 45.6 Å². The van der Waals surface area contributed by atoms with Crippen molar-refractivity contribution < 1.29 is 0 Å².